The molecule has 1 saturated carbocycles. The van der Waals surface area contributed by atoms with E-state index in [1.807, 2.05) is 0 Å². The maximum Gasteiger partial charge on any atom is 0.0591 e. The van der Waals surface area contributed by atoms with Crippen LogP contribution in [0, 0.1) is 0 Å². The zero-order chi connectivity index (χ0) is 9.78. The summed E-state index contributed by atoms with van der Waals surface area (Å²) in [6, 6.07) is 0. The lowest BCUT2D eigenvalue weighted by molar-refractivity contribution is 0.109. The van der Waals surface area contributed by atoms with E-state index in [0.29, 0.717) is 0 Å². The van der Waals surface area contributed by atoms with E-state index < -0.39 is 0 Å². The second-order valence-corrected chi connectivity index (χ2v) is 3.48. The third-order valence-electron chi connectivity index (χ3n) is 1.85. The second-order valence-electron chi connectivity index (χ2n) is 3.48. The van der Waals surface area contributed by atoms with Gasteiger partial charge in [0, 0.05) is 13.1 Å². The summed E-state index contributed by atoms with van der Waals surface area (Å²) >= 11 is 0. The van der Waals surface area contributed by atoms with E-state index in [4.69, 9.17) is 4.74 Å². The van der Waals surface area contributed by atoms with Gasteiger partial charge in [0.05, 0.1) is 13.2 Å². The maximum absolute atomic E-state index is 5.01. The Kier molecular flexibility index (Phi) is 11.8. The van der Waals surface area contributed by atoms with Crippen molar-refractivity contribution in [1.29, 1.82) is 0 Å². The SMILES string of the molecule is C1CCC1.C1COCCN1.CCC. The molecule has 13 heavy (non-hydrogen) atoms. The maximum atomic E-state index is 5.01. The zero-order valence-corrected chi connectivity index (χ0v) is 9.27. The molecule has 80 valence electrons. The van der Waals surface area contributed by atoms with Gasteiger partial charge in [-0.3, -0.25) is 0 Å². The lowest BCUT2D eigenvalue weighted by atomic mass is 10.0. The third kappa shape index (κ3) is 11.9. The topological polar surface area (TPSA) is 21.3 Å². The Hall–Kier alpha value is -0.0800. The lowest BCUT2D eigenvalue weighted by Gasteiger charge is -2.10. The van der Waals surface area contributed by atoms with Crippen molar-refractivity contribution in [1.82, 2.24) is 5.32 Å². The Balaban J connectivity index is 0.000000180. The highest BCUT2D eigenvalue weighted by atomic mass is 16.5. The van der Waals surface area contributed by atoms with Crippen molar-refractivity contribution < 1.29 is 4.74 Å². The second kappa shape index (κ2) is 11.9. The summed E-state index contributed by atoms with van der Waals surface area (Å²) in [6.07, 6.45) is 7.25. The summed E-state index contributed by atoms with van der Waals surface area (Å²) in [5, 5.41) is 3.16. The van der Waals surface area contributed by atoms with E-state index in [2.05, 4.69) is 19.2 Å². The van der Waals surface area contributed by atoms with Crippen molar-refractivity contribution in [3.63, 3.8) is 0 Å². The fourth-order valence-corrected chi connectivity index (χ4v) is 0.766. The third-order valence-corrected chi connectivity index (χ3v) is 1.85. The summed E-state index contributed by atoms with van der Waals surface area (Å²) in [6.45, 7) is 8.08. The quantitative estimate of drug-likeness (QED) is 0.629. The highest BCUT2D eigenvalue weighted by molar-refractivity contribution is 4.51. The van der Waals surface area contributed by atoms with Crippen LogP contribution >= 0.6 is 0 Å². The van der Waals surface area contributed by atoms with Gasteiger partial charge < -0.3 is 10.1 Å². The van der Waals surface area contributed by atoms with Crippen molar-refractivity contribution in [3.05, 3.63) is 0 Å². The molecule has 2 aliphatic rings. The van der Waals surface area contributed by atoms with Gasteiger partial charge in [-0.05, 0) is 0 Å². The molecule has 1 aliphatic carbocycles. The fraction of sp³-hybridized carbons (Fsp3) is 1.00. The Labute approximate surface area is 83.1 Å². The van der Waals surface area contributed by atoms with Gasteiger partial charge in [-0.25, -0.2) is 0 Å². The van der Waals surface area contributed by atoms with Crippen molar-refractivity contribution in [2.75, 3.05) is 26.3 Å². The summed E-state index contributed by atoms with van der Waals surface area (Å²) < 4.78 is 5.01. The molecule has 2 rings (SSSR count). The van der Waals surface area contributed by atoms with Crippen LogP contribution in [0.25, 0.3) is 0 Å². The smallest absolute Gasteiger partial charge is 0.0591 e. The van der Waals surface area contributed by atoms with E-state index in [9.17, 15) is 0 Å². The molecule has 0 spiro atoms. The summed E-state index contributed by atoms with van der Waals surface area (Å²) in [5.74, 6) is 0. The number of hydrogen-bond donors (Lipinski definition) is 1. The minimum atomic E-state index is 0.889. The van der Waals surface area contributed by atoms with Gasteiger partial charge >= 0.3 is 0 Å². The molecule has 0 bridgehead atoms. The zero-order valence-electron chi connectivity index (χ0n) is 9.27. The first-order chi connectivity index (χ1) is 6.41. The highest BCUT2D eigenvalue weighted by Crippen LogP contribution is 2.15. The molecule has 1 heterocycles. The van der Waals surface area contributed by atoms with Crippen LogP contribution in [0.5, 0.6) is 0 Å². The molecule has 1 saturated heterocycles. The monoisotopic (exact) mass is 187 g/mol. The predicted molar refractivity (Wildman–Crippen MR) is 58.1 cm³/mol. The lowest BCUT2D eigenvalue weighted by Crippen LogP contribution is -2.30. The molecule has 1 N–H and O–H groups in total. The molecule has 0 aromatic carbocycles. The molecule has 0 amide bonds. The van der Waals surface area contributed by atoms with E-state index in [-0.39, 0.29) is 0 Å². The van der Waals surface area contributed by atoms with Gasteiger partial charge in [0.2, 0.25) is 0 Å². The summed E-state index contributed by atoms with van der Waals surface area (Å²) in [7, 11) is 0. The van der Waals surface area contributed by atoms with Gasteiger partial charge in [-0.1, -0.05) is 46.0 Å². The van der Waals surface area contributed by atoms with E-state index in [1.165, 1.54) is 32.1 Å². The Morgan fingerprint density at radius 2 is 1.31 bits per heavy atom. The summed E-state index contributed by atoms with van der Waals surface area (Å²) in [4.78, 5) is 0. The first-order valence-corrected chi connectivity index (χ1v) is 5.70. The first-order valence-electron chi connectivity index (χ1n) is 5.70. The largest absolute Gasteiger partial charge is 0.379 e. The van der Waals surface area contributed by atoms with E-state index in [1.54, 1.807) is 0 Å². The van der Waals surface area contributed by atoms with Crippen LogP contribution in [0.15, 0.2) is 0 Å². The summed E-state index contributed by atoms with van der Waals surface area (Å²) in [5.41, 5.74) is 0. The minimum Gasteiger partial charge on any atom is -0.379 e. The molecular formula is C11H25NO. The molecule has 0 aromatic heterocycles. The van der Waals surface area contributed by atoms with E-state index >= 15 is 0 Å². The number of ether oxygens (including phenoxy) is 1. The number of rotatable bonds is 0. The van der Waals surface area contributed by atoms with Gasteiger partial charge in [-0.2, -0.15) is 0 Å². The molecule has 1 aliphatic heterocycles. The van der Waals surface area contributed by atoms with Gasteiger partial charge in [-0.15, -0.1) is 0 Å². The molecule has 2 fully saturated rings. The van der Waals surface area contributed by atoms with Gasteiger partial charge in [0.15, 0.2) is 0 Å². The van der Waals surface area contributed by atoms with Crippen molar-refractivity contribution in [2.24, 2.45) is 0 Å². The molecule has 0 radical (unpaired) electrons. The molecule has 0 aromatic rings. The minimum absolute atomic E-state index is 0.889. The van der Waals surface area contributed by atoms with Crippen LogP contribution in [-0.4, -0.2) is 26.3 Å². The van der Waals surface area contributed by atoms with Gasteiger partial charge in [0.1, 0.15) is 0 Å². The normalized spacial score (nSPS) is 19.8. The predicted octanol–water partition coefficient (Wildman–Crippen LogP) is 2.58. The average Bonchev–Trinajstić information content (AvgIpc) is 2.06. The van der Waals surface area contributed by atoms with Gasteiger partial charge in [0.25, 0.3) is 0 Å². The Morgan fingerprint density at radius 1 is 0.923 bits per heavy atom. The first kappa shape index (κ1) is 12.9. The number of nitrogens with one attached hydrogen (secondary N) is 1. The van der Waals surface area contributed by atoms with Crippen molar-refractivity contribution in [2.45, 2.75) is 46.0 Å². The molecule has 0 unspecified atom stereocenters. The van der Waals surface area contributed by atoms with Crippen molar-refractivity contribution in [3.8, 4) is 0 Å². The van der Waals surface area contributed by atoms with Crippen LogP contribution in [0.2, 0.25) is 0 Å². The average molecular weight is 187 g/mol. The molecule has 2 heteroatoms. The Morgan fingerprint density at radius 3 is 1.38 bits per heavy atom. The van der Waals surface area contributed by atoms with Crippen molar-refractivity contribution >= 4 is 0 Å². The van der Waals surface area contributed by atoms with Crippen LogP contribution < -0.4 is 5.32 Å². The van der Waals surface area contributed by atoms with Crippen LogP contribution in [-0.2, 0) is 4.74 Å². The fourth-order valence-electron chi connectivity index (χ4n) is 0.766. The Bertz CT molecular complexity index is 62.6. The highest BCUT2D eigenvalue weighted by Gasteiger charge is 1.95. The molecule has 0 atom stereocenters. The van der Waals surface area contributed by atoms with Crippen LogP contribution in [0.3, 0.4) is 0 Å². The van der Waals surface area contributed by atoms with Crippen LogP contribution in [0.1, 0.15) is 46.0 Å². The van der Waals surface area contributed by atoms with Crippen LogP contribution in [0.4, 0.5) is 0 Å². The number of hydrogen-bond acceptors (Lipinski definition) is 2. The standard InChI is InChI=1S/C4H9NO.C4H8.C3H8/c1-3-6-4-2-5-1;1-2-4-3-1;1-3-2/h5H,1-4H2;1-4H2;3H2,1-2H3. The van der Waals surface area contributed by atoms with E-state index in [0.717, 1.165) is 26.3 Å². The molecular weight excluding hydrogens is 162 g/mol. The number of morpholine rings is 1. The molecule has 2 nitrogen and oxygen atoms in total.